The summed E-state index contributed by atoms with van der Waals surface area (Å²) >= 11 is 0. The first-order valence-electron chi connectivity index (χ1n) is 10.7. The fraction of sp³-hybridized carbons (Fsp3) is 0.192. The minimum Gasteiger partial charge on any atom is -0.352 e. The maximum absolute atomic E-state index is 12.2. The molecule has 4 aromatic rings. The van der Waals surface area contributed by atoms with E-state index in [1.54, 1.807) is 18.6 Å². The number of benzene rings is 1. The minimum atomic E-state index is 0.0620. The van der Waals surface area contributed by atoms with Crippen molar-refractivity contribution < 1.29 is 4.79 Å². The van der Waals surface area contributed by atoms with E-state index in [2.05, 4.69) is 25.3 Å². The predicted molar refractivity (Wildman–Crippen MR) is 124 cm³/mol. The highest BCUT2D eigenvalue weighted by atomic mass is 16.1. The molecule has 0 aliphatic rings. The molecule has 0 aliphatic heterocycles. The summed E-state index contributed by atoms with van der Waals surface area (Å²) in [7, 11) is 0. The van der Waals surface area contributed by atoms with Gasteiger partial charge in [-0.2, -0.15) is 0 Å². The largest absolute Gasteiger partial charge is 0.352 e. The molecule has 0 spiro atoms. The average Bonchev–Trinajstić information content (AvgIpc) is 2.84. The molecule has 1 amide bonds. The van der Waals surface area contributed by atoms with Gasteiger partial charge in [-0.1, -0.05) is 30.3 Å². The molecule has 32 heavy (non-hydrogen) atoms. The number of rotatable bonds is 8. The number of carbonyl (C=O) groups excluding carboxylic acids is 1. The van der Waals surface area contributed by atoms with Crippen molar-refractivity contribution in [1.82, 2.24) is 25.3 Å². The number of amides is 1. The Balaban J connectivity index is 1.37. The first-order chi connectivity index (χ1) is 15.7. The van der Waals surface area contributed by atoms with Crippen LogP contribution in [0.3, 0.4) is 0 Å². The van der Waals surface area contributed by atoms with E-state index in [0.29, 0.717) is 18.8 Å². The van der Waals surface area contributed by atoms with Gasteiger partial charge in [0.15, 0.2) is 0 Å². The van der Waals surface area contributed by atoms with Crippen LogP contribution in [0.25, 0.3) is 22.5 Å². The highest BCUT2D eigenvalue weighted by Crippen LogP contribution is 2.28. The third kappa shape index (κ3) is 5.60. The second kappa shape index (κ2) is 10.4. The molecule has 0 aliphatic carbocycles. The number of aryl methyl sites for hydroxylation is 2. The molecule has 3 aromatic heterocycles. The van der Waals surface area contributed by atoms with Crippen LogP contribution in [0.1, 0.15) is 29.8 Å². The van der Waals surface area contributed by atoms with Crippen molar-refractivity contribution in [3.8, 4) is 22.5 Å². The molecular weight excluding hydrogens is 398 g/mol. The molecule has 160 valence electrons. The van der Waals surface area contributed by atoms with E-state index in [1.807, 2.05) is 67.7 Å². The molecule has 3 heterocycles. The maximum Gasteiger partial charge on any atom is 0.220 e. The van der Waals surface area contributed by atoms with Crippen LogP contribution < -0.4 is 5.32 Å². The quantitative estimate of drug-likeness (QED) is 0.450. The molecule has 0 bridgehead atoms. The molecule has 4 rings (SSSR count). The topological polar surface area (TPSA) is 80.7 Å². The van der Waals surface area contributed by atoms with Gasteiger partial charge in [0.05, 0.1) is 11.4 Å². The Morgan fingerprint density at radius 2 is 1.72 bits per heavy atom. The highest BCUT2D eigenvalue weighted by molar-refractivity contribution is 5.78. The van der Waals surface area contributed by atoms with Gasteiger partial charge >= 0.3 is 0 Å². The van der Waals surface area contributed by atoms with Crippen molar-refractivity contribution >= 4 is 5.91 Å². The van der Waals surface area contributed by atoms with Crippen molar-refractivity contribution in [3.05, 3.63) is 96.3 Å². The van der Waals surface area contributed by atoms with E-state index in [4.69, 9.17) is 0 Å². The number of carbonyl (C=O) groups is 1. The number of pyridine rings is 2. The molecule has 0 atom stereocenters. The zero-order chi connectivity index (χ0) is 22.2. The van der Waals surface area contributed by atoms with E-state index in [9.17, 15) is 4.79 Å². The number of hydrogen-bond acceptors (Lipinski definition) is 5. The summed E-state index contributed by atoms with van der Waals surface area (Å²) in [5, 5.41) is 3.00. The number of hydrogen-bond donors (Lipinski definition) is 1. The Labute approximate surface area is 187 Å². The van der Waals surface area contributed by atoms with E-state index in [-0.39, 0.29) is 5.91 Å². The van der Waals surface area contributed by atoms with Crippen molar-refractivity contribution in [2.75, 3.05) is 0 Å². The van der Waals surface area contributed by atoms with Gasteiger partial charge in [0.25, 0.3) is 0 Å². The van der Waals surface area contributed by atoms with Crippen LogP contribution in [-0.4, -0.2) is 25.8 Å². The van der Waals surface area contributed by atoms with Gasteiger partial charge in [-0.3, -0.25) is 14.8 Å². The normalized spacial score (nSPS) is 10.7. The van der Waals surface area contributed by atoms with Crippen LogP contribution in [0.4, 0.5) is 0 Å². The smallest absolute Gasteiger partial charge is 0.220 e. The first kappa shape index (κ1) is 21.3. The van der Waals surface area contributed by atoms with E-state index in [0.717, 1.165) is 40.9 Å². The van der Waals surface area contributed by atoms with Crippen LogP contribution >= 0.6 is 0 Å². The summed E-state index contributed by atoms with van der Waals surface area (Å²) in [4.78, 5) is 29.7. The second-order valence-corrected chi connectivity index (χ2v) is 7.58. The monoisotopic (exact) mass is 423 g/mol. The Bertz CT molecular complexity index is 1160. The van der Waals surface area contributed by atoms with Crippen LogP contribution in [0, 0.1) is 6.92 Å². The van der Waals surface area contributed by atoms with Gasteiger partial charge in [-0.05, 0) is 55.2 Å². The van der Waals surface area contributed by atoms with Crippen molar-refractivity contribution in [1.29, 1.82) is 0 Å². The number of nitrogens with one attached hydrogen (secondary N) is 1. The summed E-state index contributed by atoms with van der Waals surface area (Å²) in [6, 6.07) is 17.9. The molecule has 6 heteroatoms. The zero-order valence-electron chi connectivity index (χ0n) is 18.0. The Morgan fingerprint density at radius 1 is 0.906 bits per heavy atom. The maximum atomic E-state index is 12.2. The summed E-state index contributed by atoms with van der Waals surface area (Å²) in [6.45, 7) is 2.38. The van der Waals surface area contributed by atoms with Crippen molar-refractivity contribution in [3.63, 3.8) is 0 Å². The molecular formula is C26H25N5O. The lowest BCUT2D eigenvalue weighted by atomic mass is 10.0. The highest BCUT2D eigenvalue weighted by Gasteiger charge is 2.11. The molecule has 0 radical (unpaired) electrons. The third-order valence-electron chi connectivity index (χ3n) is 5.19. The van der Waals surface area contributed by atoms with Crippen LogP contribution in [-0.2, 0) is 17.8 Å². The standard InChI is InChI=1S/C26H25N5O/c1-19-29-18-23(24-6-2-3-14-28-24)26(31-19)22-10-8-21(9-11-22)17-30-25(32)7-4-5-20-12-15-27-16-13-20/h2-3,6,8-16,18H,4-5,7,17H2,1H3,(H,30,32). The summed E-state index contributed by atoms with van der Waals surface area (Å²) in [6.07, 6.45) is 9.35. The minimum absolute atomic E-state index is 0.0620. The Hall–Kier alpha value is -3.93. The fourth-order valence-electron chi connectivity index (χ4n) is 3.47. The number of nitrogens with zero attached hydrogens (tertiary/aromatic N) is 4. The Morgan fingerprint density at radius 3 is 2.47 bits per heavy atom. The summed E-state index contributed by atoms with van der Waals surface area (Å²) in [5.41, 5.74) is 5.82. The van der Waals surface area contributed by atoms with Gasteiger partial charge in [0.1, 0.15) is 5.82 Å². The van der Waals surface area contributed by atoms with Crippen LogP contribution in [0.15, 0.2) is 79.4 Å². The molecule has 6 nitrogen and oxygen atoms in total. The summed E-state index contributed by atoms with van der Waals surface area (Å²) < 4.78 is 0. The molecule has 0 saturated heterocycles. The van der Waals surface area contributed by atoms with Crippen molar-refractivity contribution in [2.45, 2.75) is 32.7 Å². The van der Waals surface area contributed by atoms with E-state index >= 15 is 0 Å². The van der Waals surface area contributed by atoms with Gasteiger partial charge in [0, 0.05) is 48.9 Å². The van der Waals surface area contributed by atoms with Gasteiger partial charge in [0.2, 0.25) is 5.91 Å². The summed E-state index contributed by atoms with van der Waals surface area (Å²) in [5.74, 6) is 0.773. The Kier molecular flexibility index (Phi) is 6.92. The van der Waals surface area contributed by atoms with E-state index < -0.39 is 0 Å². The van der Waals surface area contributed by atoms with Crippen LogP contribution in [0.2, 0.25) is 0 Å². The van der Waals surface area contributed by atoms with Gasteiger partial charge in [-0.25, -0.2) is 9.97 Å². The molecule has 0 fully saturated rings. The molecule has 0 saturated carbocycles. The van der Waals surface area contributed by atoms with Gasteiger partial charge in [-0.15, -0.1) is 0 Å². The second-order valence-electron chi connectivity index (χ2n) is 7.58. The van der Waals surface area contributed by atoms with Crippen molar-refractivity contribution in [2.24, 2.45) is 0 Å². The predicted octanol–water partition coefficient (Wildman–Crippen LogP) is 4.55. The average molecular weight is 424 g/mol. The lowest BCUT2D eigenvalue weighted by Crippen LogP contribution is -2.22. The molecule has 1 aromatic carbocycles. The lowest BCUT2D eigenvalue weighted by Gasteiger charge is -2.10. The van der Waals surface area contributed by atoms with Gasteiger partial charge < -0.3 is 5.32 Å². The molecule has 0 unspecified atom stereocenters. The fourth-order valence-corrected chi connectivity index (χ4v) is 3.47. The zero-order valence-corrected chi connectivity index (χ0v) is 18.0. The lowest BCUT2D eigenvalue weighted by molar-refractivity contribution is -0.121. The number of aromatic nitrogens is 4. The van der Waals surface area contributed by atoms with E-state index in [1.165, 1.54) is 5.56 Å². The first-order valence-corrected chi connectivity index (χ1v) is 10.7. The third-order valence-corrected chi connectivity index (χ3v) is 5.19. The SMILES string of the molecule is Cc1ncc(-c2ccccn2)c(-c2ccc(CNC(=O)CCCc3ccncc3)cc2)n1. The van der Waals surface area contributed by atoms with Crippen LogP contribution in [0.5, 0.6) is 0 Å². The molecule has 1 N–H and O–H groups in total.